The van der Waals surface area contributed by atoms with Crippen LogP contribution >= 0.6 is 35.6 Å². The highest BCUT2D eigenvalue weighted by Crippen LogP contribution is 2.23. The van der Waals surface area contributed by atoms with Crippen LogP contribution in [0.15, 0.2) is 23.3 Å². The van der Waals surface area contributed by atoms with Gasteiger partial charge >= 0.3 is 0 Å². The number of benzene rings is 1. The van der Waals surface area contributed by atoms with Crippen molar-refractivity contribution in [2.24, 2.45) is 5.10 Å². The normalized spacial score (nSPS) is 17.3. The largest absolute Gasteiger partial charge is 0.303 e. The van der Waals surface area contributed by atoms with Gasteiger partial charge in [-0.25, -0.2) is 0 Å². The predicted molar refractivity (Wildman–Crippen MR) is 85.0 cm³/mol. The van der Waals surface area contributed by atoms with Crippen molar-refractivity contribution in [2.75, 3.05) is 33.2 Å². The fourth-order valence-corrected chi connectivity index (χ4v) is 2.19. The van der Waals surface area contributed by atoms with Crippen LogP contribution in [-0.4, -0.2) is 48.8 Å². The van der Waals surface area contributed by atoms with E-state index in [1.54, 1.807) is 0 Å². The molecule has 1 fully saturated rings. The van der Waals surface area contributed by atoms with E-state index in [0.29, 0.717) is 10.0 Å². The summed E-state index contributed by atoms with van der Waals surface area (Å²) in [6, 6.07) is 5.62. The molecule has 6 heteroatoms. The molecule has 0 radical (unpaired) electrons. The Morgan fingerprint density at radius 2 is 1.74 bits per heavy atom. The molecule has 1 aliphatic rings. The molecule has 19 heavy (non-hydrogen) atoms. The minimum absolute atomic E-state index is 0. The minimum Gasteiger partial charge on any atom is -0.303 e. The minimum atomic E-state index is 0. The summed E-state index contributed by atoms with van der Waals surface area (Å²) in [6.45, 7) is 6.04. The van der Waals surface area contributed by atoms with Gasteiger partial charge in [-0.05, 0) is 31.7 Å². The Hall–Kier alpha value is -0.480. The molecule has 0 aromatic heterocycles. The summed E-state index contributed by atoms with van der Waals surface area (Å²) in [5, 5.41) is 7.89. The van der Waals surface area contributed by atoms with Crippen LogP contribution in [0.2, 0.25) is 10.0 Å². The third kappa shape index (κ3) is 4.53. The zero-order valence-corrected chi connectivity index (χ0v) is 13.4. The second-order valence-electron chi connectivity index (χ2n) is 4.57. The first-order valence-corrected chi connectivity index (χ1v) is 6.76. The SMILES string of the molecule is CC(=NN1CCN(C)CC1)c1ccc(Cl)c(Cl)c1.Cl. The zero-order chi connectivity index (χ0) is 13.1. The number of hydrazone groups is 1. The van der Waals surface area contributed by atoms with Crippen LogP contribution in [0.3, 0.4) is 0 Å². The summed E-state index contributed by atoms with van der Waals surface area (Å²) in [5.74, 6) is 0. The van der Waals surface area contributed by atoms with Gasteiger partial charge < -0.3 is 4.90 Å². The van der Waals surface area contributed by atoms with Gasteiger partial charge in [0.2, 0.25) is 0 Å². The highest BCUT2D eigenvalue weighted by molar-refractivity contribution is 6.42. The topological polar surface area (TPSA) is 18.8 Å². The molecular weight excluding hydrogens is 305 g/mol. The van der Waals surface area contributed by atoms with Gasteiger partial charge in [0.1, 0.15) is 0 Å². The average molecular weight is 323 g/mol. The molecular formula is C13H18Cl3N3. The third-order valence-electron chi connectivity index (χ3n) is 3.11. The molecule has 0 bridgehead atoms. The van der Waals surface area contributed by atoms with Crippen LogP contribution in [0.25, 0.3) is 0 Å². The highest BCUT2D eigenvalue weighted by Gasteiger charge is 2.12. The predicted octanol–water partition coefficient (Wildman–Crippen LogP) is 3.39. The summed E-state index contributed by atoms with van der Waals surface area (Å²) in [7, 11) is 2.13. The van der Waals surface area contributed by atoms with Crippen LogP contribution in [0, 0.1) is 0 Å². The molecule has 0 unspecified atom stereocenters. The van der Waals surface area contributed by atoms with Crippen LogP contribution in [-0.2, 0) is 0 Å². The van der Waals surface area contributed by atoms with Crippen molar-refractivity contribution < 1.29 is 0 Å². The number of halogens is 3. The Morgan fingerprint density at radius 3 is 2.32 bits per heavy atom. The van der Waals surface area contributed by atoms with Gasteiger partial charge in [-0.15, -0.1) is 12.4 Å². The van der Waals surface area contributed by atoms with E-state index in [4.69, 9.17) is 23.2 Å². The first kappa shape index (κ1) is 16.6. The zero-order valence-electron chi connectivity index (χ0n) is 11.1. The van der Waals surface area contributed by atoms with Crippen molar-refractivity contribution in [1.82, 2.24) is 9.91 Å². The summed E-state index contributed by atoms with van der Waals surface area (Å²) in [6.07, 6.45) is 0. The molecule has 0 atom stereocenters. The standard InChI is InChI=1S/C13H17Cl2N3.ClH/c1-10(11-3-4-12(14)13(15)9-11)16-18-7-5-17(2)6-8-18;/h3-4,9H,5-8H2,1-2H3;1H. The van der Waals surface area contributed by atoms with Gasteiger partial charge in [-0.1, -0.05) is 29.3 Å². The molecule has 0 saturated carbocycles. The molecule has 3 nitrogen and oxygen atoms in total. The Morgan fingerprint density at radius 1 is 1.11 bits per heavy atom. The second-order valence-corrected chi connectivity index (χ2v) is 5.39. The molecule has 0 aliphatic carbocycles. The fraction of sp³-hybridized carbons (Fsp3) is 0.462. The molecule has 1 aliphatic heterocycles. The van der Waals surface area contributed by atoms with Crippen LogP contribution in [0.1, 0.15) is 12.5 Å². The maximum atomic E-state index is 6.01. The summed E-state index contributed by atoms with van der Waals surface area (Å²) in [5.41, 5.74) is 1.99. The molecule has 1 heterocycles. The number of likely N-dealkylation sites (N-methyl/N-ethyl adjacent to an activating group) is 1. The van der Waals surface area contributed by atoms with E-state index in [2.05, 4.69) is 22.1 Å². The van der Waals surface area contributed by atoms with Gasteiger partial charge in [0.05, 0.1) is 15.8 Å². The van der Waals surface area contributed by atoms with E-state index in [0.717, 1.165) is 37.5 Å². The summed E-state index contributed by atoms with van der Waals surface area (Å²) in [4.78, 5) is 2.31. The number of nitrogens with zero attached hydrogens (tertiary/aromatic N) is 3. The van der Waals surface area contributed by atoms with Gasteiger partial charge in [0.25, 0.3) is 0 Å². The van der Waals surface area contributed by atoms with E-state index < -0.39 is 0 Å². The van der Waals surface area contributed by atoms with E-state index in [1.165, 1.54) is 0 Å². The summed E-state index contributed by atoms with van der Waals surface area (Å²) < 4.78 is 0. The lowest BCUT2D eigenvalue weighted by Crippen LogP contribution is -2.42. The molecule has 2 rings (SSSR count). The second kappa shape index (κ2) is 7.34. The van der Waals surface area contributed by atoms with Crippen LogP contribution in [0.5, 0.6) is 0 Å². The van der Waals surface area contributed by atoms with E-state index >= 15 is 0 Å². The molecule has 1 aromatic carbocycles. The van der Waals surface area contributed by atoms with Crippen molar-refractivity contribution in [3.63, 3.8) is 0 Å². The highest BCUT2D eigenvalue weighted by atomic mass is 35.5. The molecule has 0 amide bonds. The first-order chi connectivity index (χ1) is 8.56. The van der Waals surface area contributed by atoms with Crippen molar-refractivity contribution in [3.8, 4) is 0 Å². The average Bonchev–Trinajstić information content (AvgIpc) is 2.35. The third-order valence-corrected chi connectivity index (χ3v) is 3.85. The van der Waals surface area contributed by atoms with Crippen LogP contribution in [0.4, 0.5) is 0 Å². The monoisotopic (exact) mass is 321 g/mol. The summed E-state index contributed by atoms with van der Waals surface area (Å²) >= 11 is 11.9. The first-order valence-electron chi connectivity index (χ1n) is 6.00. The van der Waals surface area contributed by atoms with E-state index in [9.17, 15) is 0 Å². The van der Waals surface area contributed by atoms with Crippen molar-refractivity contribution >= 4 is 41.3 Å². The van der Waals surface area contributed by atoms with Gasteiger partial charge in [-0.2, -0.15) is 5.10 Å². The van der Waals surface area contributed by atoms with Crippen molar-refractivity contribution in [3.05, 3.63) is 33.8 Å². The lowest BCUT2D eigenvalue weighted by molar-refractivity contribution is 0.159. The number of piperazine rings is 1. The van der Waals surface area contributed by atoms with Gasteiger partial charge in [-0.3, -0.25) is 5.01 Å². The lowest BCUT2D eigenvalue weighted by Gasteiger charge is -2.30. The van der Waals surface area contributed by atoms with Gasteiger partial charge in [0, 0.05) is 26.2 Å². The molecule has 1 aromatic rings. The van der Waals surface area contributed by atoms with E-state index in [-0.39, 0.29) is 12.4 Å². The van der Waals surface area contributed by atoms with Crippen molar-refractivity contribution in [1.29, 1.82) is 0 Å². The Balaban J connectivity index is 0.00000180. The van der Waals surface area contributed by atoms with E-state index in [1.807, 2.05) is 25.1 Å². The number of hydrogen-bond acceptors (Lipinski definition) is 3. The molecule has 106 valence electrons. The number of rotatable bonds is 2. The molecule has 0 N–H and O–H groups in total. The molecule has 0 spiro atoms. The maximum Gasteiger partial charge on any atom is 0.0647 e. The molecule has 1 saturated heterocycles. The van der Waals surface area contributed by atoms with Crippen LogP contribution < -0.4 is 0 Å². The number of hydrogen-bond donors (Lipinski definition) is 0. The quantitative estimate of drug-likeness (QED) is 0.777. The Labute approximate surface area is 130 Å². The lowest BCUT2D eigenvalue weighted by atomic mass is 10.1. The van der Waals surface area contributed by atoms with Crippen molar-refractivity contribution in [2.45, 2.75) is 6.92 Å². The van der Waals surface area contributed by atoms with Gasteiger partial charge in [0.15, 0.2) is 0 Å². The fourth-order valence-electron chi connectivity index (χ4n) is 1.89. The Bertz CT molecular complexity index is 454. The smallest absolute Gasteiger partial charge is 0.0647 e. The maximum absolute atomic E-state index is 6.01. The Kier molecular flexibility index (Phi) is 6.40.